The fraction of sp³-hybridized carbons (Fsp3) is 0.311. The van der Waals surface area contributed by atoms with Crippen molar-refractivity contribution in [3.05, 3.63) is 127 Å². The second-order valence-electron chi connectivity index (χ2n) is 15.4. The van der Waals surface area contributed by atoms with E-state index in [1.807, 2.05) is 65.4 Å². The highest BCUT2D eigenvalue weighted by Crippen LogP contribution is 2.35. The van der Waals surface area contributed by atoms with Gasteiger partial charge in [-0.2, -0.15) is 0 Å². The maximum absolute atomic E-state index is 14.1. The van der Waals surface area contributed by atoms with E-state index in [0.717, 1.165) is 64.9 Å². The van der Waals surface area contributed by atoms with Gasteiger partial charge in [0.25, 0.3) is 5.91 Å². The summed E-state index contributed by atoms with van der Waals surface area (Å²) in [5.74, 6) is 0.846. The van der Waals surface area contributed by atoms with Crippen LogP contribution in [0.15, 0.2) is 104 Å². The number of methoxy groups -OCH3 is 1. The molecule has 0 aliphatic carbocycles. The molecule has 3 aromatic heterocycles. The summed E-state index contributed by atoms with van der Waals surface area (Å²) >= 11 is 0. The summed E-state index contributed by atoms with van der Waals surface area (Å²) in [7, 11) is 1.28. The van der Waals surface area contributed by atoms with Crippen molar-refractivity contribution in [2.45, 2.75) is 69.8 Å². The molecule has 16 heteroatoms. The van der Waals surface area contributed by atoms with Gasteiger partial charge in [-0.15, -0.1) is 0 Å². The van der Waals surface area contributed by atoms with Crippen LogP contribution in [0.4, 0.5) is 9.59 Å². The lowest BCUT2D eigenvalue weighted by molar-refractivity contribution is -0.140. The molecule has 2 aliphatic heterocycles. The number of amides is 4. The molecule has 5 N–H and O–H groups in total. The van der Waals surface area contributed by atoms with Crippen LogP contribution in [0.3, 0.4) is 0 Å². The van der Waals surface area contributed by atoms with Gasteiger partial charge in [0.05, 0.1) is 55.0 Å². The largest absolute Gasteiger partial charge is 0.453 e. The molecule has 61 heavy (non-hydrogen) atoms. The summed E-state index contributed by atoms with van der Waals surface area (Å²) in [5, 5.41) is 2.74. The van der Waals surface area contributed by atoms with E-state index in [-0.39, 0.29) is 30.3 Å². The van der Waals surface area contributed by atoms with Crippen molar-refractivity contribution in [3.63, 3.8) is 0 Å². The molecule has 4 atom stereocenters. The van der Waals surface area contributed by atoms with E-state index in [9.17, 15) is 19.2 Å². The number of nitrogens with zero attached hydrogens (tertiary/aromatic N) is 6. The number of rotatable bonds is 13. The van der Waals surface area contributed by atoms with E-state index in [4.69, 9.17) is 20.2 Å². The number of likely N-dealkylation sites (tertiary alicyclic amines) is 2. The summed E-state index contributed by atoms with van der Waals surface area (Å²) in [6.07, 6.45) is 7.86. The molecule has 0 saturated carbocycles. The number of aromatic amines is 2. The zero-order chi connectivity index (χ0) is 42.5. The highest BCUT2D eigenvalue weighted by Gasteiger charge is 2.37. The van der Waals surface area contributed by atoms with Crippen molar-refractivity contribution in [1.29, 1.82) is 0 Å². The second-order valence-corrected chi connectivity index (χ2v) is 15.4. The number of benzene rings is 3. The number of aromatic nitrogens is 6. The van der Waals surface area contributed by atoms with E-state index in [0.29, 0.717) is 37.0 Å². The lowest BCUT2D eigenvalue weighted by Gasteiger charge is -2.28. The normalized spacial score (nSPS) is 17.2. The average molecular weight is 825 g/mol. The van der Waals surface area contributed by atoms with Gasteiger partial charge in [-0.3, -0.25) is 9.59 Å². The number of H-pyrrole nitrogens is 2. The number of nitrogens with one attached hydrogen (secondary N) is 3. The minimum atomic E-state index is -0.982. The predicted molar refractivity (Wildman–Crippen MR) is 225 cm³/mol. The van der Waals surface area contributed by atoms with E-state index >= 15 is 0 Å². The van der Waals surface area contributed by atoms with Crippen LogP contribution in [0, 0.1) is 0 Å². The summed E-state index contributed by atoms with van der Waals surface area (Å²) in [4.78, 5) is 74.9. The van der Waals surface area contributed by atoms with Crippen LogP contribution in [0.2, 0.25) is 0 Å². The number of primary amides is 1. The molecule has 5 heterocycles. The van der Waals surface area contributed by atoms with Crippen LogP contribution in [0.1, 0.15) is 67.6 Å². The first-order valence-electron chi connectivity index (χ1n) is 20.4. The Kier molecular flexibility index (Phi) is 11.9. The number of hydrogen-bond donors (Lipinski definition) is 4. The maximum atomic E-state index is 14.1. The Morgan fingerprint density at radius 1 is 0.770 bits per heavy atom. The van der Waals surface area contributed by atoms with Gasteiger partial charge < -0.3 is 44.9 Å². The monoisotopic (exact) mass is 824 g/mol. The Labute approximate surface area is 352 Å². The summed E-state index contributed by atoms with van der Waals surface area (Å²) in [6.45, 7) is 3.24. The number of ether oxygens (including phenoxy) is 2. The van der Waals surface area contributed by atoms with E-state index in [1.54, 1.807) is 28.5 Å². The Bertz CT molecular complexity index is 2480. The van der Waals surface area contributed by atoms with Gasteiger partial charge in [-0.1, -0.05) is 78.9 Å². The Morgan fingerprint density at radius 2 is 1.31 bits per heavy atom. The number of hydrogen-bond acceptors (Lipinski definition) is 9. The third-order valence-corrected chi connectivity index (χ3v) is 11.3. The molecule has 2 fully saturated rings. The molecule has 2 saturated heterocycles. The van der Waals surface area contributed by atoms with Gasteiger partial charge in [0.2, 0.25) is 5.91 Å². The molecular weight excluding hydrogens is 777 g/mol. The predicted octanol–water partition coefficient (Wildman–Crippen LogP) is 6.16. The number of nitrogens with two attached hydrogens (primary N) is 1. The Balaban J connectivity index is 0.908. The minimum Gasteiger partial charge on any atom is -0.453 e. The highest BCUT2D eigenvalue weighted by molar-refractivity contribution is 5.86. The molecular formula is C45H48N10O6. The fourth-order valence-electron chi connectivity index (χ4n) is 8.28. The van der Waals surface area contributed by atoms with Crippen LogP contribution < -0.4 is 11.1 Å². The van der Waals surface area contributed by atoms with Crippen LogP contribution in [0.25, 0.3) is 33.6 Å². The lowest BCUT2D eigenvalue weighted by atomic mass is 10.0. The van der Waals surface area contributed by atoms with Crippen molar-refractivity contribution in [2.75, 3.05) is 20.2 Å². The lowest BCUT2D eigenvalue weighted by Crippen LogP contribution is -2.49. The fourth-order valence-corrected chi connectivity index (χ4v) is 8.28. The third-order valence-electron chi connectivity index (χ3n) is 11.3. The minimum absolute atomic E-state index is 0.210. The van der Waals surface area contributed by atoms with Gasteiger partial charge >= 0.3 is 12.2 Å². The zero-order valence-electron chi connectivity index (χ0n) is 34.0. The first-order valence-corrected chi connectivity index (χ1v) is 20.4. The van der Waals surface area contributed by atoms with Gasteiger partial charge in [0, 0.05) is 32.3 Å². The number of imidazole rings is 3. The topological polar surface area (TPSA) is 206 Å². The number of carbonyl (C=O) groups excluding carboxylic acids is 4. The molecule has 0 radical (unpaired) electrons. The van der Waals surface area contributed by atoms with Crippen LogP contribution in [-0.4, -0.2) is 95.6 Å². The molecule has 314 valence electrons. The first-order chi connectivity index (χ1) is 29.6. The maximum Gasteiger partial charge on any atom is 0.407 e. The zero-order valence-corrected chi connectivity index (χ0v) is 34.0. The molecule has 0 spiro atoms. The van der Waals surface area contributed by atoms with Crippen molar-refractivity contribution >= 4 is 24.0 Å². The summed E-state index contributed by atoms with van der Waals surface area (Å²) in [5.41, 5.74) is 12.6. The number of alkyl carbamates (subject to hydrolysis) is 1. The van der Waals surface area contributed by atoms with E-state index in [2.05, 4.69) is 49.5 Å². The first kappa shape index (κ1) is 40.5. The smallest absolute Gasteiger partial charge is 0.407 e. The van der Waals surface area contributed by atoms with Gasteiger partial charge in [-0.05, 0) is 60.4 Å². The third kappa shape index (κ3) is 9.17. The second kappa shape index (κ2) is 17.9. The van der Waals surface area contributed by atoms with Gasteiger partial charge in [0.15, 0.2) is 6.10 Å². The van der Waals surface area contributed by atoms with Crippen molar-refractivity contribution in [3.8, 4) is 33.6 Å². The molecule has 4 amide bonds. The highest BCUT2D eigenvalue weighted by atomic mass is 16.6. The molecule has 16 nitrogen and oxygen atoms in total. The standard InChI is InChI=1S/C45H48N10O6/c1-28(61-44(46)58)42(56)54-20-6-10-38(54)40-47-23-36(50-40)32-16-12-30(13-17-32)31-14-18-33(19-15-31)37-24-48-41(51-37)39-11-7-21-55(39)43(57)35(52-45(59)60-2)22-34-26-53(27-49-34)25-29-8-4-3-5-9-29/h3-5,8-9,12-19,23-24,26-28,35,38-39H,6-7,10-11,20-22,25H2,1-2H3,(H2,46,58)(H,47,50)(H,48,51)(H,52,59)/t28-,35-,38-,39?/m0/s1. The molecule has 2 aliphatic rings. The van der Waals surface area contributed by atoms with Crippen LogP contribution in [-0.2, 0) is 32.0 Å². The van der Waals surface area contributed by atoms with Crippen molar-refractivity contribution < 1.29 is 28.7 Å². The Hall–Kier alpha value is -7.23. The van der Waals surface area contributed by atoms with Crippen LogP contribution in [0.5, 0.6) is 0 Å². The molecule has 0 bridgehead atoms. The van der Waals surface area contributed by atoms with Crippen molar-refractivity contribution in [2.24, 2.45) is 5.73 Å². The summed E-state index contributed by atoms with van der Waals surface area (Å²) in [6, 6.07) is 25.0. The SMILES string of the molecule is COC(=O)N[C@@H](Cc1cn(Cc2ccccc2)cn1)C(=O)N1CCCC1c1ncc(-c2ccc(-c3ccc(-c4cnc([C@@H]5CCCN5C(=O)[C@H](C)OC(N)=O)[nH]4)cc3)cc2)[nH]1. The molecule has 3 aromatic carbocycles. The van der Waals surface area contributed by atoms with Crippen molar-refractivity contribution in [1.82, 2.24) is 44.6 Å². The van der Waals surface area contributed by atoms with Gasteiger partial charge in [0.1, 0.15) is 17.7 Å². The van der Waals surface area contributed by atoms with E-state index < -0.39 is 24.3 Å². The molecule has 1 unspecified atom stereocenters. The van der Waals surface area contributed by atoms with Gasteiger partial charge in [-0.25, -0.2) is 24.5 Å². The summed E-state index contributed by atoms with van der Waals surface area (Å²) < 4.78 is 11.8. The average Bonchev–Trinajstić information content (AvgIpc) is 4.14. The molecule has 8 rings (SSSR count). The Morgan fingerprint density at radius 3 is 1.85 bits per heavy atom. The molecule has 6 aromatic rings. The van der Waals surface area contributed by atoms with Crippen LogP contribution >= 0.6 is 0 Å². The van der Waals surface area contributed by atoms with E-state index in [1.165, 1.54) is 14.0 Å². The number of carbonyl (C=O) groups is 4. The quantitative estimate of drug-likeness (QED) is 0.105.